The van der Waals surface area contributed by atoms with Crippen LogP contribution in [0.5, 0.6) is 0 Å². The molecule has 2 N–H and O–H groups in total. The van der Waals surface area contributed by atoms with E-state index in [1.807, 2.05) is 0 Å². The molecule has 1 heterocycles. The first-order valence-corrected chi connectivity index (χ1v) is 8.98. The second-order valence-electron chi connectivity index (χ2n) is 6.31. The van der Waals surface area contributed by atoms with E-state index in [1.54, 1.807) is 19.2 Å². The zero-order valence-electron chi connectivity index (χ0n) is 14.5. The van der Waals surface area contributed by atoms with E-state index in [0.717, 1.165) is 11.5 Å². The van der Waals surface area contributed by atoms with Crippen LogP contribution in [-0.4, -0.2) is 33.2 Å². The summed E-state index contributed by atoms with van der Waals surface area (Å²) in [5.41, 5.74) is -0.252. The highest BCUT2D eigenvalue weighted by Crippen LogP contribution is 2.46. The molecule has 1 aliphatic carbocycles. The van der Waals surface area contributed by atoms with Crippen molar-refractivity contribution in [1.29, 1.82) is 5.26 Å². The molecule has 1 aliphatic rings. The minimum atomic E-state index is -0.886. The lowest BCUT2D eigenvalue weighted by molar-refractivity contribution is -0.134. The van der Waals surface area contributed by atoms with Crippen LogP contribution in [0.25, 0.3) is 0 Å². The number of carbonyl (C=O) groups excluding carboxylic acids is 2. The van der Waals surface area contributed by atoms with Gasteiger partial charge in [-0.25, -0.2) is 14.2 Å². The first-order valence-electron chi connectivity index (χ1n) is 8.20. The van der Waals surface area contributed by atoms with Crippen LogP contribution in [0, 0.1) is 22.6 Å². The van der Waals surface area contributed by atoms with Crippen molar-refractivity contribution in [3.05, 3.63) is 41.5 Å². The van der Waals surface area contributed by atoms with Gasteiger partial charge in [-0.2, -0.15) is 9.64 Å². The molecule has 1 fully saturated rings. The summed E-state index contributed by atoms with van der Waals surface area (Å²) < 4.78 is 17.2. The van der Waals surface area contributed by atoms with Gasteiger partial charge in [-0.15, -0.1) is 0 Å². The van der Waals surface area contributed by atoms with Crippen LogP contribution in [0.3, 0.4) is 0 Å². The van der Waals surface area contributed by atoms with Gasteiger partial charge in [0.2, 0.25) is 11.0 Å². The molecular formula is C17H17FN6O2S. The number of halogens is 1. The Kier molecular flexibility index (Phi) is 5.32. The molecule has 10 heteroatoms. The molecule has 3 amide bonds. The van der Waals surface area contributed by atoms with E-state index in [0.29, 0.717) is 24.2 Å². The third-order valence-electron chi connectivity index (χ3n) is 4.13. The molecule has 0 spiro atoms. The molecule has 0 radical (unpaired) electrons. The number of hydrogen-bond acceptors (Lipinski definition) is 6. The van der Waals surface area contributed by atoms with Gasteiger partial charge in [0.05, 0.1) is 12.6 Å². The van der Waals surface area contributed by atoms with Crippen LogP contribution >= 0.6 is 11.5 Å². The van der Waals surface area contributed by atoms with Crippen molar-refractivity contribution in [1.82, 2.24) is 19.6 Å². The molecule has 1 aromatic carbocycles. The monoisotopic (exact) mass is 388 g/mol. The average molecular weight is 388 g/mol. The van der Waals surface area contributed by atoms with Crippen molar-refractivity contribution < 1.29 is 14.0 Å². The first kappa shape index (κ1) is 18.7. The number of aromatic nitrogens is 2. The third-order valence-corrected chi connectivity index (χ3v) is 4.80. The fourth-order valence-corrected chi connectivity index (χ4v) is 3.06. The number of amides is 3. The van der Waals surface area contributed by atoms with Crippen molar-refractivity contribution in [2.24, 2.45) is 5.41 Å². The Morgan fingerprint density at radius 3 is 2.89 bits per heavy atom. The molecular weight excluding hydrogens is 371 g/mol. The number of nitrogens with one attached hydrogen (secondary N) is 2. The maximum Gasteiger partial charge on any atom is 0.321 e. The molecule has 27 heavy (non-hydrogen) atoms. The lowest BCUT2D eigenvalue weighted by Crippen LogP contribution is -2.33. The fraction of sp³-hybridized carbons (Fsp3) is 0.353. The maximum absolute atomic E-state index is 13.1. The van der Waals surface area contributed by atoms with E-state index in [4.69, 9.17) is 5.26 Å². The van der Waals surface area contributed by atoms with Gasteiger partial charge in [0.25, 0.3) is 0 Å². The summed E-state index contributed by atoms with van der Waals surface area (Å²) in [5.74, 6) is -0.223. The molecule has 0 unspecified atom stereocenters. The van der Waals surface area contributed by atoms with E-state index < -0.39 is 11.4 Å². The van der Waals surface area contributed by atoms with Gasteiger partial charge in [-0.1, -0.05) is 12.1 Å². The molecule has 2 aromatic rings. The first-order chi connectivity index (χ1) is 12.9. The molecule has 8 nitrogen and oxygen atoms in total. The summed E-state index contributed by atoms with van der Waals surface area (Å²) >= 11 is 0.989. The highest BCUT2D eigenvalue weighted by Gasteiger charge is 2.52. The van der Waals surface area contributed by atoms with Crippen LogP contribution in [0.2, 0.25) is 0 Å². The highest BCUT2D eigenvalue weighted by molar-refractivity contribution is 7.09. The standard InChI is InChI=1S/C17H17FN6O2S/c1-24(14(25)17(10-19)5-6-17)9-13-21-16(27-23-13)22-15(26)20-8-11-3-2-4-12(18)7-11/h2-4,7H,5-6,8-9H2,1H3,(H2,20,21,22,23,26). The Bertz CT molecular complexity index is 905. The number of carbonyl (C=O) groups is 2. The Labute approximate surface area is 159 Å². The zero-order chi connectivity index (χ0) is 19.4. The molecule has 0 aliphatic heterocycles. The Morgan fingerprint density at radius 1 is 1.44 bits per heavy atom. The summed E-state index contributed by atoms with van der Waals surface area (Å²) in [4.78, 5) is 29.7. The minimum absolute atomic E-state index is 0.158. The SMILES string of the molecule is CN(Cc1nsc(NC(=O)NCc2cccc(F)c2)n1)C(=O)C1(C#N)CC1. The number of hydrogen-bond donors (Lipinski definition) is 2. The van der Waals surface area contributed by atoms with E-state index >= 15 is 0 Å². The van der Waals surface area contributed by atoms with Crippen molar-refractivity contribution in [2.45, 2.75) is 25.9 Å². The predicted molar refractivity (Wildman–Crippen MR) is 95.9 cm³/mol. The van der Waals surface area contributed by atoms with Crippen LogP contribution in [0.1, 0.15) is 24.2 Å². The largest absolute Gasteiger partial charge is 0.337 e. The van der Waals surface area contributed by atoms with E-state index in [9.17, 15) is 14.0 Å². The van der Waals surface area contributed by atoms with Gasteiger partial charge in [-0.05, 0) is 30.5 Å². The summed E-state index contributed by atoms with van der Waals surface area (Å²) in [6.07, 6.45) is 1.16. The molecule has 1 saturated carbocycles. The van der Waals surface area contributed by atoms with Crippen molar-refractivity contribution in [2.75, 3.05) is 12.4 Å². The molecule has 3 rings (SSSR count). The number of nitriles is 1. The molecule has 0 saturated heterocycles. The Hall–Kier alpha value is -3.06. The number of rotatable bonds is 6. The molecule has 0 atom stereocenters. The van der Waals surface area contributed by atoms with Crippen molar-refractivity contribution in [3.63, 3.8) is 0 Å². The molecule has 0 bridgehead atoms. The van der Waals surface area contributed by atoms with Crippen molar-refractivity contribution >= 4 is 28.6 Å². The quantitative estimate of drug-likeness (QED) is 0.788. The maximum atomic E-state index is 13.1. The van der Waals surface area contributed by atoms with E-state index in [-0.39, 0.29) is 29.9 Å². The van der Waals surface area contributed by atoms with E-state index in [2.05, 4.69) is 26.1 Å². The number of benzene rings is 1. The predicted octanol–water partition coefficient (Wildman–Crippen LogP) is 2.26. The normalized spacial score (nSPS) is 14.1. The lowest BCUT2D eigenvalue weighted by atomic mass is 10.1. The third kappa shape index (κ3) is 4.57. The molecule has 1 aromatic heterocycles. The average Bonchev–Trinajstić information content (AvgIpc) is 3.34. The van der Waals surface area contributed by atoms with Gasteiger partial charge in [0, 0.05) is 25.1 Å². The number of nitrogens with zero attached hydrogens (tertiary/aromatic N) is 4. The lowest BCUT2D eigenvalue weighted by Gasteiger charge is -2.17. The van der Waals surface area contributed by atoms with Gasteiger partial charge < -0.3 is 10.2 Å². The van der Waals surface area contributed by atoms with Crippen LogP contribution in [0.15, 0.2) is 24.3 Å². The van der Waals surface area contributed by atoms with Crippen LogP contribution in [-0.2, 0) is 17.9 Å². The zero-order valence-corrected chi connectivity index (χ0v) is 15.3. The summed E-state index contributed by atoms with van der Waals surface area (Å²) in [7, 11) is 1.60. The smallest absolute Gasteiger partial charge is 0.321 e. The highest BCUT2D eigenvalue weighted by atomic mass is 32.1. The van der Waals surface area contributed by atoms with Crippen LogP contribution < -0.4 is 10.6 Å². The van der Waals surface area contributed by atoms with Crippen LogP contribution in [0.4, 0.5) is 14.3 Å². The summed E-state index contributed by atoms with van der Waals surface area (Å²) in [6, 6.07) is 7.50. The number of urea groups is 1. The number of anilines is 1. The van der Waals surface area contributed by atoms with Gasteiger partial charge in [0.1, 0.15) is 11.2 Å². The fourth-order valence-electron chi connectivity index (χ4n) is 2.49. The van der Waals surface area contributed by atoms with Gasteiger partial charge in [0.15, 0.2) is 5.82 Å². The second-order valence-corrected chi connectivity index (χ2v) is 7.06. The summed E-state index contributed by atoms with van der Waals surface area (Å²) in [5, 5.41) is 14.5. The Morgan fingerprint density at radius 2 is 2.22 bits per heavy atom. The summed E-state index contributed by atoms with van der Waals surface area (Å²) in [6.45, 7) is 0.327. The minimum Gasteiger partial charge on any atom is -0.337 e. The van der Waals surface area contributed by atoms with Crippen molar-refractivity contribution in [3.8, 4) is 6.07 Å². The molecule has 140 valence electrons. The second kappa shape index (κ2) is 7.67. The topological polar surface area (TPSA) is 111 Å². The van der Waals surface area contributed by atoms with Gasteiger partial charge >= 0.3 is 6.03 Å². The Balaban J connectivity index is 1.49. The van der Waals surface area contributed by atoms with Gasteiger partial charge in [-0.3, -0.25) is 10.1 Å². The van der Waals surface area contributed by atoms with E-state index in [1.165, 1.54) is 17.0 Å².